The maximum atomic E-state index is 12.4. The van der Waals surface area contributed by atoms with E-state index in [2.05, 4.69) is 17.0 Å². The number of unbranched alkanes of at least 4 members (excludes halogenated alkanes) is 2. The van der Waals surface area contributed by atoms with Gasteiger partial charge in [0.15, 0.2) is 0 Å². The Hall–Kier alpha value is -0.850. The first kappa shape index (κ1) is 18.2. The second-order valence-corrected chi connectivity index (χ2v) is 7.22. The SMILES string of the molecule is CCCCCC(C)NS(=O)(=O)c1cc(CNC)n(CC)c1. The fourth-order valence-corrected chi connectivity index (χ4v) is 3.73. The zero-order valence-corrected chi connectivity index (χ0v) is 14.5. The number of nitrogens with zero attached hydrogens (tertiary/aromatic N) is 1. The maximum Gasteiger partial charge on any atom is 0.242 e. The minimum absolute atomic E-state index is 0.0284. The van der Waals surface area contributed by atoms with Crippen molar-refractivity contribution >= 4 is 10.0 Å². The molecular formula is C15H29N3O2S. The Labute approximate surface area is 129 Å². The quantitative estimate of drug-likeness (QED) is 0.652. The van der Waals surface area contributed by atoms with E-state index in [1.165, 1.54) is 0 Å². The van der Waals surface area contributed by atoms with Gasteiger partial charge in [0.05, 0.1) is 4.90 Å². The van der Waals surface area contributed by atoms with Gasteiger partial charge in [-0.2, -0.15) is 0 Å². The molecule has 2 N–H and O–H groups in total. The molecule has 1 atom stereocenters. The summed E-state index contributed by atoms with van der Waals surface area (Å²) in [5.74, 6) is 0. The van der Waals surface area contributed by atoms with Crippen LogP contribution in [0.15, 0.2) is 17.2 Å². The number of sulfonamides is 1. The Morgan fingerprint density at radius 3 is 2.57 bits per heavy atom. The highest BCUT2D eigenvalue weighted by molar-refractivity contribution is 7.89. The second kappa shape index (κ2) is 8.56. The molecule has 0 amide bonds. The monoisotopic (exact) mass is 315 g/mol. The molecule has 0 bridgehead atoms. The molecular weight excluding hydrogens is 286 g/mol. The van der Waals surface area contributed by atoms with Gasteiger partial charge in [-0.15, -0.1) is 0 Å². The van der Waals surface area contributed by atoms with E-state index in [0.29, 0.717) is 11.4 Å². The first-order chi connectivity index (χ1) is 9.94. The fourth-order valence-electron chi connectivity index (χ4n) is 2.39. The third-order valence-electron chi connectivity index (χ3n) is 3.57. The van der Waals surface area contributed by atoms with Gasteiger partial charge in [-0.05, 0) is 33.4 Å². The standard InChI is InChI=1S/C15H29N3O2S/c1-5-7-8-9-13(3)17-21(19,20)15-10-14(11-16-4)18(6-2)12-15/h10,12-13,16-17H,5-9,11H2,1-4H3. The molecule has 0 aliphatic carbocycles. The lowest BCUT2D eigenvalue weighted by atomic mass is 10.1. The van der Waals surface area contributed by atoms with Crippen molar-refractivity contribution in [2.75, 3.05) is 7.05 Å². The Morgan fingerprint density at radius 1 is 1.29 bits per heavy atom. The van der Waals surface area contributed by atoms with Gasteiger partial charge in [0.1, 0.15) is 0 Å². The van der Waals surface area contributed by atoms with Crippen LogP contribution in [0.1, 0.15) is 52.1 Å². The van der Waals surface area contributed by atoms with E-state index in [1.807, 2.05) is 25.5 Å². The molecule has 5 nitrogen and oxygen atoms in total. The van der Waals surface area contributed by atoms with Crippen molar-refractivity contribution in [1.29, 1.82) is 0 Å². The van der Waals surface area contributed by atoms with Crippen molar-refractivity contribution in [3.05, 3.63) is 18.0 Å². The van der Waals surface area contributed by atoms with Crippen molar-refractivity contribution in [3.63, 3.8) is 0 Å². The predicted octanol–water partition coefficient (Wildman–Crippen LogP) is 2.47. The molecule has 122 valence electrons. The molecule has 0 radical (unpaired) electrons. The highest BCUT2D eigenvalue weighted by atomic mass is 32.2. The summed E-state index contributed by atoms with van der Waals surface area (Å²) in [7, 11) is -1.57. The molecule has 1 rings (SSSR count). The first-order valence-corrected chi connectivity index (χ1v) is 9.28. The normalized spacial score (nSPS) is 13.5. The Bertz CT molecular complexity index is 523. The van der Waals surface area contributed by atoms with E-state index in [1.54, 1.807) is 12.3 Å². The van der Waals surface area contributed by atoms with E-state index in [4.69, 9.17) is 0 Å². The van der Waals surface area contributed by atoms with Gasteiger partial charge in [0.25, 0.3) is 0 Å². The summed E-state index contributed by atoms with van der Waals surface area (Å²) in [6.07, 6.45) is 5.94. The highest BCUT2D eigenvalue weighted by Gasteiger charge is 2.20. The molecule has 0 saturated heterocycles. The van der Waals surface area contributed by atoms with Gasteiger partial charge < -0.3 is 9.88 Å². The van der Waals surface area contributed by atoms with Crippen LogP contribution in [0.25, 0.3) is 0 Å². The van der Waals surface area contributed by atoms with E-state index in [0.717, 1.165) is 37.9 Å². The Balaban J connectivity index is 2.77. The van der Waals surface area contributed by atoms with Crippen LogP contribution in [0, 0.1) is 0 Å². The molecule has 6 heteroatoms. The van der Waals surface area contributed by atoms with Crippen molar-refractivity contribution in [2.24, 2.45) is 0 Å². The number of aromatic nitrogens is 1. The van der Waals surface area contributed by atoms with Crippen molar-refractivity contribution in [1.82, 2.24) is 14.6 Å². The molecule has 0 aliphatic heterocycles. The van der Waals surface area contributed by atoms with E-state index < -0.39 is 10.0 Å². The molecule has 1 aromatic rings. The van der Waals surface area contributed by atoms with Crippen molar-refractivity contribution in [2.45, 2.75) is 70.5 Å². The fraction of sp³-hybridized carbons (Fsp3) is 0.733. The first-order valence-electron chi connectivity index (χ1n) is 7.80. The van der Waals surface area contributed by atoms with Gasteiger partial charge >= 0.3 is 0 Å². The molecule has 0 aliphatic rings. The summed E-state index contributed by atoms with van der Waals surface area (Å²) in [5.41, 5.74) is 0.985. The molecule has 0 aromatic carbocycles. The van der Waals surface area contributed by atoms with Gasteiger partial charge in [0.2, 0.25) is 10.0 Å². The summed E-state index contributed by atoms with van der Waals surface area (Å²) in [5, 5.41) is 3.06. The summed E-state index contributed by atoms with van der Waals surface area (Å²) >= 11 is 0. The van der Waals surface area contributed by atoms with Crippen molar-refractivity contribution < 1.29 is 8.42 Å². The van der Waals surface area contributed by atoms with Gasteiger partial charge in [-0.1, -0.05) is 26.2 Å². The number of hydrogen-bond donors (Lipinski definition) is 2. The predicted molar refractivity (Wildman–Crippen MR) is 86.8 cm³/mol. The number of nitrogens with one attached hydrogen (secondary N) is 2. The minimum atomic E-state index is -3.43. The molecule has 0 spiro atoms. The zero-order valence-electron chi connectivity index (χ0n) is 13.6. The smallest absolute Gasteiger partial charge is 0.242 e. The van der Waals surface area contributed by atoms with Crippen LogP contribution in [-0.2, 0) is 23.1 Å². The second-order valence-electron chi connectivity index (χ2n) is 5.50. The molecule has 1 heterocycles. The van der Waals surface area contributed by atoms with Crippen molar-refractivity contribution in [3.8, 4) is 0 Å². The Kier molecular flexibility index (Phi) is 7.42. The van der Waals surface area contributed by atoms with Crippen LogP contribution >= 0.6 is 0 Å². The average Bonchev–Trinajstić information content (AvgIpc) is 2.83. The minimum Gasteiger partial charge on any atom is -0.349 e. The maximum absolute atomic E-state index is 12.4. The van der Waals surface area contributed by atoms with E-state index in [9.17, 15) is 8.42 Å². The summed E-state index contributed by atoms with van der Waals surface area (Å²) in [6.45, 7) is 7.51. The molecule has 0 saturated carbocycles. The van der Waals surface area contributed by atoms with Crippen LogP contribution in [0.2, 0.25) is 0 Å². The summed E-state index contributed by atoms with van der Waals surface area (Å²) < 4.78 is 29.6. The van der Waals surface area contributed by atoms with Crippen LogP contribution in [-0.4, -0.2) is 26.1 Å². The third-order valence-corrected chi connectivity index (χ3v) is 5.12. The lowest BCUT2D eigenvalue weighted by Gasteiger charge is -2.13. The Morgan fingerprint density at radius 2 is 2.00 bits per heavy atom. The van der Waals surface area contributed by atoms with Gasteiger partial charge in [-0.25, -0.2) is 13.1 Å². The number of hydrogen-bond acceptors (Lipinski definition) is 3. The topological polar surface area (TPSA) is 63.1 Å². The van der Waals surface area contributed by atoms with E-state index >= 15 is 0 Å². The average molecular weight is 315 g/mol. The van der Waals surface area contributed by atoms with Crippen LogP contribution in [0.5, 0.6) is 0 Å². The summed E-state index contributed by atoms with van der Waals surface area (Å²) in [4.78, 5) is 0.358. The van der Waals surface area contributed by atoms with Crippen LogP contribution in [0.3, 0.4) is 0 Å². The van der Waals surface area contributed by atoms with E-state index in [-0.39, 0.29) is 6.04 Å². The molecule has 0 fully saturated rings. The molecule has 21 heavy (non-hydrogen) atoms. The highest BCUT2D eigenvalue weighted by Crippen LogP contribution is 2.16. The molecule has 1 aromatic heterocycles. The number of aryl methyl sites for hydroxylation is 1. The largest absolute Gasteiger partial charge is 0.349 e. The number of rotatable bonds is 10. The van der Waals surface area contributed by atoms with Crippen LogP contribution in [0.4, 0.5) is 0 Å². The van der Waals surface area contributed by atoms with Gasteiger partial charge in [-0.3, -0.25) is 0 Å². The lowest BCUT2D eigenvalue weighted by molar-refractivity contribution is 0.527. The summed E-state index contributed by atoms with van der Waals surface area (Å²) in [6, 6.07) is 1.72. The lowest BCUT2D eigenvalue weighted by Crippen LogP contribution is -2.32. The zero-order chi connectivity index (χ0) is 15.9. The van der Waals surface area contributed by atoms with Crippen LogP contribution < -0.4 is 10.0 Å². The molecule has 1 unspecified atom stereocenters. The van der Waals surface area contributed by atoms with Gasteiger partial charge in [0, 0.05) is 31.0 Å². The third kappa shape index (κ3) is 5.45.